The van der Waals surface area contributed by atoms with Gasteiger partial charge in [-0.15, -0.1) is 0 Å². The zero-order valence-electron chi connectivity index (χ0n) is 12.4. The van der Waals surface area contributed by atoms with Gasteiger partial charge >= 0.3 is 0 Å². The Morgan fingerprint density at radius 1 is 1.14 bits per heavy atom. The van der Waals surface area contributed by atoms with Crippen LogP contribution in [0.25, 0.3) is 0 Å². The van der Waals surface area contributed by atoms with Crippen LogP contribution in [0.4, 0.5) is 0 Å². The van der Waals surface area contributed by atoms with Gasteiger partial charge in [0.2, 0.25) is 0 Å². The summed E-state index contributed by atoms with van der Waals surface area (Å²) in [5.41, 5.74) is 5.07. The van der Waals surface area contributed by atoms with Crippen molar-refractivity contribution in [3.8, 4) is 0 Å². The van der Waals surface area contributed by atoms with E-state index in [2.05, 4.69) is 33.1 Å². The first kappa shape index (κ1) is 16.6. The molecule has 0 aliphatic carbocycles. The lowest BCUT2D eigenvalue weighted by molar-refractivity contribution is -0.131. The summed E-state index contributed by atoms with van der Waals surface area (Å²) in [5, 5.41) is 4.15. The maximum atomic E-state index is 12.2. The van der Waals surface area contributed by atoms with Gasteiger partial charge in [0.1, 0.15) is 0 Å². The molecular formula is C17H17IN2O2. The highest BCUT2D eigenvalue weighted by molar-refractivity contribution is 14.1. The van der Waals surface area contributed by atoms with Crippen molar-refractivity contribution in [1.29, 1.82) is 0 Å². The van der Waals surface area contributed by atoms with Crippen molar-refractivity contribution in [3.05, 3.63) is 69.3 Å². The van der Waals surface area contributed by atoms with Crippen molar-refractivity contribution in [3.63, 3.8) is 0 Å². The molecular weight excluding hydrogens is 391 g/mol. The van der Waals surface area contributed by atoms with Crippen LogP contribution in [-0.4, -0.2) is 18.7 Å². The Bertz CT molecular complexity index is 654. The molecule has 1 atom stereocenters. The monoisotopic (exact) mass is 408 g/mol. The third-order valence-electron chi connectivity index (χ3n) is 3.17. The lowest BCUT2D eigenvalue weighted by atomic mass is 10.1. The number of hydrazone groups is 1. The van der Waals surface area contributed by atoms with E-state index in [-0.39, 0.29) is 5.91 Å². The molecule has 0 unspecified atom stereocenters. The van der Waals surface area contributed by atoms with Crippen LogP contribution >= 0.6 is 22.6 Å². The van der Waals surface area contributed by atoms with Gasteiger partial charge in [0.05, 0.1) is 5.71 Å². The minimum absolute atomic E-state index is 0.293. The Morgan fingerprint density at radius 2 is 1.77 bits per heavy atom. The van der Waals surface area contributed by atoms with Crippen LogP contribution in [0.2, 0.25) is 0 Å². The van der Waals surface area contributed by atoms with Crippen LogP contribution in [0.5, 0.6) is 0 Å². The number of nitrogens with zero attached hydrogens (tertiary/aromatic N) is 1. The fraction of sp³-hybridized carbons (Fsp3) is 0.176. The van der Waals surface area contributed by atoms with Gasteiger partial charge in [-0.2, -0.15) is 5.10 Å². The predicted octanol–water partition coefficient (Wildman–Crippen LogP) is 3.52. The Morgan fingerprint density at radius 3 is 2.36 bits per heavy atom. The maximum Gasteiger partial charge on any atom is 0.273 e. The van der Waals surface area contributed by atoms with E-state index in [4.69, 9.17) is 4.74 Å². The quantitative estimate of drug-likeness (QED) is 0.468. The number of benzene rings is 2. The highest BCUT2D eigenvalue weighted by Gasteiger charge is 2.19. The molecule has 4 nitrogen and oxygen atoms in total. The summed E-state index contributed by atoms with van der Waals surface area (Å²) >= 11 is 2.25. The highest BCUT2D eigenvalue weighted by Crippen LogP contribution is 2.16. The number of carbonyl (C=O) groups excluding carboxylic acids is 1. The zero-order chi connectivity index (χ0) is 15.9. The topological polar surface area (TPSA) is 50.7 Å². The van der Waals surface area contributed by atoms with Crippen LogP contribution < -0.4 is 5.43 Å². The first-order valence-electron chi connectivity index (χ1n) is 6.79. The van der Waals surface area contributed by atoms with E-state index in [1.165, 1.54) is 7.11 Å². The molecule has 0 aromatic heterocycles. The van der Waals surface area contributed by atoms with Gasteiger partial charge in [-0.25, -0.2) is 5.43 Å². The van der Waals surface area contributed by atoms with Gasteiger partial charge < -0.3 is 4.74 Å². The van der Waals surface area contributed by atoms with E-state index in [1.54, 1.807) is 0 Å². The van der Waals surface area contributed by atoms with E-state index in [0.29, 0.717) is 0 Å². The van der Waals surface area contributed by atoms with Gasteiger partial charge in [0.25, 0.3) is 5.91 Å². The molecule has 0 saturated heterocycles. The molecule has 22 heavy (non-hydrogen) atoms. The molecule has 0 aliphatic heterocycles. The van der Waals surface area contributed by atoms with Crippen molar-refractivity contribution in [2.75, 3.05) is 7.11 Å². The molecule has 2 rings (SSSR count). The lowest BCUT2D eigenvalue weighted by Crippen LogP contribution is -2.27. The number of nitrogens with one attached hydrogen (secondary N) is 1. The molecule has 0 radical (unpaired) electrons. The van der Waals surface area contributed by atoms with Crippen molar-refractivity contribution < 1.29 is 9.53 Å². The molecule has 0 aliphatic rings. The summed E-state index contributed by atoms with van der Waals surface area (Å²) in [5.74, 6) is -0.293. The van der Waals surface area contributed by atoms with E-state index >= 15 is 0 Å². The van der Waals surface area contributed by atoms with Crippen LogP contribution in [0.15, 0.2) is 59.7 Å². The van der Waals surface area contributed by atoms with E-state index < -0.39 is 6.10 Å². The van der Waals surface area contributed by atoms with Crippen LogP contribution in [0.3, 0.4) is 0 Å². The molecule has 0 bridgehead atoms. The Labute approximate surface area is 143 Å². The summed E-state index contributed by atoms with van der Waals surface area (Å²) in [7, 11) is 1.51. The standard InChI is InChI=1S/C17H17IN2O2/c1-12(13-8-10-15(18)11-9-13)19-20-17(21)16(22-2)14-6-4-3-5-7-14/h3-11,16H,1-2H3,(H,20,21)/b19-12-/t16-/m1/s1. The number of carbonyl (C=O) groups is 1. The Hall–Kier alpha value is -1.73. The molecule has 2 aromatic rings. The Balaban J connectivity index is 2.07. The van der Waals surface area contributed by atoms with Crippen LogP contribution in [0.1, 0.15) is 24.2 Å². The van der Waals surface area contributed by atoms with Gasteiger partial charge in [0.15, 0.2) is 6.10 Å². The molecule has 0 spiro atoms. The first-order chi connectivity index (χ1) is 10.6. The number of hydrogen-bond donors (Lipinski definition) is 1. The summed E-state index contributed by atoms with van der Waals surface area (Å²) in [6.07, 6.45) is -0.672. The van der Waals surface area contributed by atoms with E-state index in [9.17, 15) is 4.79 Å². The smallest absolute Gasteiger partial charge is 0.273 e. The number of hydrogen-bond acceptors (Lipinski definition) is 3. The van der Waals surface area contributed by atoms with Crippen molar-refractivity contribution in [2.45, 2.75) is 13.0 Å². The maximum absolute atomic E-state index is 12.2. The minimum atomic E-state index is -0.672. The molecule has 5 heteroatoms. The second-order valence-corrected chi connectivity index (χ2v) is 5.95. The van der Waals surface area contributed by atoms with Gasteiger partial charge in [-0.05, 0) is 52.8 Å². The average Bonchev–Trinajstić information content (AvgIpc) is 2.55. The molecule has 2 aromatic carbocycles. The molecule has 1 N–H and O–H groups in total. The fourth-order valence-electron chi connectivity index (χ4n) is 1.98. The second-order valence-electron chi connectivity index (χ2n) is 4.71. The zero-order valence-corrected chi connectivity index (χ0v) is 14.6. The second kappa shape index (κ2) is 8.05. The summed E-state index contributed by atoms with van der Waals surface area (Å²) in [6, 6.07) is 17.3. The van der Waals surface area contributed by atoms with Gasteiger partial charge in [0, 0.05) is 10.7 Å². The molecule has 114 valence electrons. The fourth-order valence-corrected chi connectivity index (χ4v) is 2.34. The largest absolute Gasteiger partial charge is 0.367 e. The SMILES string of the molecule is CO[C@@H](C(=O)N/N=C(/C)c1ccc(I)cc1)c1ccccc1. The van der Waals surface area contributed by atoms with Crippen LogP contribution in [-0.2, 0) is 9.53 Å². The third-order valence-corrected chi connectivity index (χ3v) is 3.89. The summed E-state index contributed by atoms with van der Waals surface area (Å²) < 4.78 is 6.42. The van der Waals surface area contributed by atoms with Crippen molar-refractivity contribution >= 4 is 34.2 Å². The van der Waals surface area contributed by atoms with E-state index in [1.807, 2.05) is 61.5 Å². The normalized spacial score (nSPS) is 12.8. The molecule has 0 heterocycles. The van der Waals surface area contributed by atoms with Gasteiger partial charge in [-0.1, -0.05) is 42.5 Å². The number of rotatable bonds is 5. The number of halogens is 1. The highest BCUT2D eigenvalue weighted by atomic mass is 127. The molecule has 0 saturated carbocycles. The molecule has 1 amide bonds. The number of methoxy groups -OCH3 is 1. The average molecular weight is 408 g/mol. The summed E-state index contributed by atoms with van der Waals surface area (Å²) in [4.78, 5) is 12.2. The van der Waals surface area contributed by atoms with Crippen molar-refractivity contribution in [1.82, 2.24) is 5.43 Å². The Kier molecular flexibility index (Phi) is 6.09. The minimum Gasteiger partial charge on any atom is -0.367 e. The first-order valence-corrected chi connectivity index (χ1v) is 7.87. The lowest BCUT2D eigenvalue weighted by Gasteiger charge is -2.14. The third kappa shape index (κ3) is 4.38. The van der Waals surface area contributed by atoms with Gasteiger partial charge in [-0.3, -0.25) is 4.79 Å². The van der Waals surface area contributed by atoms with E-state index in [0.717, 1.165) is 20.4 Å². The number of ether oxygens (including phenoxy) is 1. The molecule has 0 fully saturated rings. The summed E-state index contributed by atoms with van der Waals surface area (Å²) in [6.45, 7) is 1.85. The van der Waals surface area contributed by atoms with Crippen LogP contribution in [0, 0.1) is 3.57 Å². The predicted molar refractivity (Wildman–Crippen MR) is 95.7 cm³/mol. The number of amides is 1. The van der Waals surface area contributed by atoms with Crippen molar-refractivity contribution in [2.24, 2.45) is 5.10 Å².